The molecule has 0 heterocycles. The van der Waals surface area contributed by atoms with E-state index in [0.717, 1.165) is 18.2 Å². The molecule has 0 aliphatic rings. The molecule has 0 fully saturated rings. The average Bonchev–Trinajstić information content (AvgIpc) is 2.53. The SMILES string of the molecule is Fc1cccc(Cl)c1B(c1c(F)cccc1Cl)c1c(F)cccc1Cl. The molecule has 7 heteroatoms. The Labute approximate surface area is 158 Å². The Bertz CT molecular complexity index is 764. The molecule has 0 amide bonds. The molecule has 0 aliphatic heterocycles. The molecule has 0 atom stereocenters. The summed E-state index contributed by atoms with van der Waals surface area (Å²) in [5.74, 6) is -2.14. The van der Waals surface area contributed by atoms with Crippen LogP contribution in [0.4, 0.5) is 13.2 Å². The van der Waals surface area contributed by atoms with Gasteiger partial charge in [0.05, 0.1) is 0 Å². The van der Waals surface area contributed by atoms with Crippen LogP contribution in [0.1, 0.15) is 0 Å². The van der Waals surface area contributed by atoms with Gasteiger partial charge in [-0.25, -0.2) is 13.2 Å². The summed E-state index contributed by atoms with van der Waals surface area (Å²) >= 11 is 18.5. The van der Waals surface area contributed by atoms with Crippen molar-refractivity contribution in [2.45, 2.75) is 0 Å². The van der Waals surface area contributed by atoms with E-state index in [0.29, 0.717) is 0 Å². The molecule has 0 saturated carbocycles. The lowest BCUT2D eigenvalue weighted by Gasteiger charge is -2.20. The first kappa shape index (κ1) is 18.2. The van der Waals surface area contributed by atoms with E-state index in [1.54, 1.807) is 0 Å². The highest BCUT2D eigenvalue weighted by molar-refractivity contribution is 6.98. The average molecular weight is 399 g/mol. The number of benzene rings is 3. The van der Waals surface area contributed by atoms with Crippen molar-refractivity contribution in [3.63, 3.8) is 0 Å². The quantitative estimate of drug-likeness (QED) is 0.566. The molecule has 0 radical (unpaired) electrons. The lowest BCUT2D eigenvalue weighted by atomic mass is 9.36. The van der Waals surface area contributed by atoms with Gasteiger partial charge in [0.15, 0.2) is 0 Å². The van der Waals surface area contributed by atoms with Gasteiger partial charge in [-0.2, -0.15) is 0 Å². The van der Waals surface area contributed by atoms with E-state index in [1.807, 2.05) is 0 Å². The zero-order valence-corrected chi connectivity index (χ0v) is 14.8. The van der Waals surface area contributed by atoms with Crippen molar-refractivity contribution in [1.29, 1.82) is 0 Å². The monoisotopic (exact) mass is 398 g/mol. The molecular formula is C18H9BCl3F3. The molecule has 0 aromatic heterocycles. The van der Waals surface area contributed by atoms with Crippen molar-refractivity contribution in [3.8, 4) is 0 Å². The van der Waals surface area contributed by atoms with Gasteiger partial charge < -0.3 is 0 Å². The fraction of sp³-hybridized carbons (Fsp3) is 0. The van der Waals surface area contributed by atoms with Crippen LogP contribution in [0.5, 0.6) is 0 Å². The van der Waals surface area contributed by atoms with E-state index in [1.165, 1.54) is 36.4 Å². The first-order chi connectivity index (χ1) is 11.9. The summed E-state index contributed by atoms with van der Waals surface area (Å²) in [5.41, 5.74) is -0.283. The maximum absolute atomic E-state index is 14.6. The molecule has 3 aromatic rings. The van der Waals surface area contributed by atoms with Crippen molar-refractivity contribution in [1.82, 2.24) is 0 Å². The third-order valence-electron chi connectivity index (χ3n) is 3.87. The molecule has 0 unspecified atom stereocenters. The highest BCUT2D eigenvalue weighted by Crippen LogP contribution is 2.18. The second kappa shape index (κ2) is 7.32. The van der Waals surface area contributed by atoms with Gasteiger partial charge in [-0.3, -0.25) is 0 Å². The molecule has 0 saturated heterocycles. The van der Waals surface area contributed by atoms with Crippen LogP contribution in [0.3, 0.4) is 0 Å². The van der Waals surface area contributed by atoms with Crippen LogP contribution in [0.15, 0.2) is 54.6 Å². The summed E-state index contributed by atoms with van der Waals surface area (Å²) in [7, 11) is 0. The smallest absolute Gasteiger partial charge is 0.208 e. The Morgan fingerprint density at radius 1 is 0.520 bits per heavy atom. The Kier molecular flexibility index (Phi) is 5.33. The van der Waals surface area contributed by atoms with Crippen molar-refractivity contribution >= 4 is 57.9 Å². The molecule has 3 rings (SSSR count). The Morgan fingerprint density at radius 2 is 0.800 bits per heavy atom. The van der Waals surface area contributed by atoms with Crippen LogP contribution in [-0.4, -0.2) is 6.71 Å². The predicted molar refractivity (Wildman–Crippen MR) is 98.9 cm³/mol. The maximum Gasteiger partial charge on any atom is 0.258 e. The van der Waals surface area contributed by atoms with Crippen LogP contribution < -0.4 is 16.4 Å². The largest absolute Gasteiger partial charge is 0.258 e. The first-order valence-corrected chi connectivity index (χ1v) is 8.37. The number of hydrogen-bond acceptors (Lipinski definition) is 0. The highest BCUT2D eigenvalue weighted by Gasteiger charge is 2.34. The lowest BCUT2D eigenvalue weighted by molar-refractivity contribution is 0.631. The van der Waals surface area contributed by atoms with E-state index in [2.05, 4.69) is 0 Å². The third kappa shape index (κ3) is 3.39. The van der Waals surface area contributed by atoms with E-state index in [9.17, 15) is 13.2 Å². The zero-order chi connectivity index (χ0) is 18.1. The molecule has 25 heavy (non-hydrogen) atoms. The van der Waals surface area contributed by atoms with Crippen LogP contribution in [0, 0.1) is 17.5 Å². The van der Waals surface area contributed by atoms with Gasteiger partial charge in [0.2, 0.25) is 0 Å². The second-order valence-corrected chi connectivity index (χ2v) is 6.56. The minimum atomic E-state index is -1.24. The minimum Gasteiger partial charge on any atom is -0.208 e. The molecule has 0 aliphatic carbocycles. The Morgan fingerprint density at radius 3 is 1.04 bits per heavy atom. The first-order valence-electron chi connectivity index (χ1n) is 7.23. The predicted octanol–water partition coefficient (Wildman–Crippen LogP) is 4.58. The molecular weight excluding hydrogens is 390 g/mol. The Hall–Kier alpha value is -1.62. The number of hydrogen-bond donors (Lipinski definition) is 0. The van der Waals surface area contributed by atoms with Gasteiger partial charge in [0, 0.05) is 15.1 Å². The number of rotatable bonds is 3. The summed E-state index contributed by atoms with van der Waals surface area (Å²) in [4.78, 5) is 0. The molecule has 0 spiro atoms. The highest BCUT2D eigenvalue weighted by atomic mass is 35.5. The summed E-state index contributed by atoms with van der Waals surface area (Å²) in [5, 5.41) is 0.0518. The van der Waals surface area contributed by atoms with E-state index < -0.39 is 24.2 Å². The molecule has 0 N–H and O–H groups in total. The number of halogens is 6. The van der Waals surface area contributed by atoms with Gasteiger partial charge in [0.1, 0.15) is 17.5 Å². The normalized spacial score (nSPS) is 10.8. The van der Waals surface area contributed by atoms with Crippen LogP contribution in [0.2, 0.25) is 15.1 Å². The van der Waals surface area contributed by atoms with Crippen molar-refractivity contribution in [2.75, 3.05) is 0 Å². The summed E-state index contributed by atoms with van der Waals surface area (Å²) < 4.78 is 43.7. The van der Waals surface area contributed by atoms with Crippen LogP contribution in [-0.2, 0) is 0 Å². The minimum absolute atomic E-state index is 0.0173. The fourth-order valence-electron chi connectivity index (χ4n) is 2.79. The molecule has 0 bridgehead atoms. The van der Waals surface area contributed by atoms with E-state index >= 15 is 0 Å². The van der Waals surface area contributed by atoms with Crippen LogP contribution in [0.25, 0.3) is 0 Å². The summed E-state index contributed by atoms with van der Waals surface area (Å²) in [6.07, 6.45) is 0. The lowest BCUT2D eigenvalue weighted by Crippen LogP contribution is -2.56. The van der Waals surface area contributed by atoms with Gasteiger partial charge >= 0.3 is 0 Å². The fourth-order valence-corrected chi connectivity index (χ4v) is 3.61. The molecule has 0 nitrogen and oxygen atoms in total. The van der Waals surface area contributed by atoms with E-state index in [-0.39, 0.29) is 31.5 Å². The standard InChI is InChI=1S/C18H9BCl3F3/c20-10-4-1-7-13(23)16(10)19(17-11(21)5-2-8-14(17)24)18-12(22)6-3-9-15(18)25/h1-9H. The molecule has 3 aromatic carbocycles. The van der Waals surface area contributed by atoms with Crippen LogP contribution >= 0.6 is 34.8 Å². The second-order valence-electron chi connectivity index (χ2n) is 5.34. The zero-order valence-electron chi connectivity index (χ0n) is 12.5. The maximum atomic E-state index is 14.6. The summed E-state index contributed by atoms with van der Waals surface area (Å²) in [6, 6.07) is 12.0. The Balaban J connectivity index is 2.42. The van der Waals surface area contributed by atoms with Gasteiger partial charge in [-0.1, -0.05) is 53.0 Å². The van der Waals surface area contributed by atoms with Crippen molar-refractivity contribution in [2.24, 2.45) is 0 Å². The van der Waals surface area contributed by atoms with Gasteiger partial charge in [-0.05, 0) is 52.8 Å². The van der Waals surface area contributed by atoms with E-state index in [4.69, 9.17) is 34.8 Å². The summed E-state index contributed by atoms with van der Waals surface area (Å²) in [6.45, 7) is -1.24. The van der Waals surface area contributed by atoms with Crippen molar-refractivity contribution < 1.29 is 13.2 Å². The van der Waals surface area contributed by atoms with Gasteiger partial charge in [-0.15, -0.1) is 0 Å². The third-order valence-corrected chi connectivity index (χ3v) is 4.85. The van der Waals surface area contributed by atoms with Gasteiger partial charge in [0.25, 0.3) is 6.71 Å². The molecule has 126 valence electrons. The topological polar surface area (TPSA) is 0 Å². The van der Waals surface area contributed by atoms with Crippen molar-refractivity contribution in [3.05, 3.63) is 87.1 Å².